The smallest absolute Gasteiger partial charge is 0.225 e. The highest BCUT2D eigenvalue weighted by Gasteiger charge is 2.49. The van der Waals surface area contributed by atoms with Crippen LogP contribution in [0.3, 0.4) is 0 Å². The molecule has 3 nitrogen and oxygen atoms in total. The van der Waals surface area contributed by atoms with Crippen molar-refractivity contribution in [2.45, 2.75) is 45.1 Å². The van der Waals surface area contributed by atoms with Gasteiger partial charge >= 0.3 is 0 Å². The summed E-state index contributed by atoms with van der Waals surface area (Å²) in [6.45, 7) is 5.56. The molecule has 0 aromatic carbocycles. The number of carbonyl (C=O) groups is 1. The summed E-state index contributed by atoms with van der Waals surface area (Å²) in [5, 5.41) is 0. The molecule has 2 N–H and O–H groups in total. The predicted molar refractivity (Wildman–Crippen MR) is 60.3 cm³/mol. The molecular formula is C12H22N2O. The van der Waals surface area contributed by atoms with Crippen molar-refractivity contribution in [3.05, 3.63) is 0 Å². The minimum Gasteiger partial charge on any atom is -0.335 e. The average molecular weight is 210 g/mol. The number of hydrogen-bond donors (Lipinski definition) is 1. The lowest BCUT2D eigenvalue weighted by Gasteiger charge is -2.39. The van der Waals surface area contributed by atoms with E-state index >= 15 is 0 Å². The Labute approximate surface area is 92.0 Å². The summed E-state index contributed by atoms with van der Waals surface area (Å²) in [4.78, 5) is 14.2. The molecule has 1 amide bonds. The molecule has 1 heterocycles. The molecule has 0 spiro atoms. The molecule has 2 rings (SSSR count). The Morgan fingerprint density at radius 3 is 2.93 bits per heavy atom. The monoisotopic (exact) mass is 210 g/mol. The molecule has 1 aliphatic heterocycles. The maximum Gasteiger partial charge on any atom is 0.225 e. The maximum absolute atomic E-state index is 12.1. The Morgan fingerprint density at radius 1 is 1.60 bits per heavy atom. The van der Waals surface area contributed by atoms with Crippen LogP contribution in [0.5, 0.6) is 0 Å². The molecule has 15 heavy (non-hydrogen) atoms. The van der Waals surface area contributed by atoms with Gasteiger partial charge in [-0.3, -0.25) is 4.79 Å². The lowest BCUT2D eigenvalue weighted by molar-refractivity contribution is -0.138. The van der Waals surface area contributed by atoms with Crippen LogP contribution in [0.15, 0.2) is 0 Å². The van der Waals surface area contributed by atoms with Crippen LogP contribution >= 0.6 is 0 Å². The van der Waals surface area contributed by atoms with Gasteiger partial charge in [0.25, 0.3) is 0 Å². The zero-order chi connectivity index (χ0) is 11.1. The fourth-order valence-electron chi connectivity index (χ4n) is 3.25. The van der Waals surface area contributed by atoms with E-state index in [1.54, 1.807) is 0 Å². The number of likely N-dealkylation sites (tertiary alicyclic amines) is 1. The van der Waals surface area contributed by atoms with E-state index in [4.69, 9.17) is 5.73 Å². The second kappa shape index (κ2) is 3.78. The molecule has 0 radical (unpaired) electrons. The maximum atomic E-state index is 12.1. The van der Waals surface area contributed by atoms with E-state index < -0.39 is 0 Å². The summed E-state index contributed by atoms with van der Waals surface area (Å²) in [6, 6.07) is 0. The normalized spacial score (nSPS) is 34.9. The van der Waals surface area contributed by atoms with Crippen molar-refractivity contribution in [3.63, 3.8) is 0 Å². The molecule has 0 aromatic rings. The van der Waals surface area contributed by atoms with Gasteiger partial charge in [0, 0.05) is 19.0 Å². The number of hydrogen-bond acceptors (Lipinski definition) is 2. The van der Waals surface area contributed by atoms with Crippen LogP contribution in [0.1, 0.15) is 39.5 Å². The Kier molecular flexibility index (Phi) is 2.75. The Hall–Kier alpha value is -0.570. The van der Waals surface area contributed by atoms with Gasteiger partial charge in [-0.25, -0.2) is 0 Å². The van der Waals surface area contributed by atoms with Crippen molar-refractivity contribution in [1.82, 2.24) is 4.90 Å². The second-order valence-electron chi connectivity index (χ2n) is 5.49. The minimum atomic E-state index is 0.0181. The number of carbonyl (C=O) groups excluding carboxylic acids is 1. The van der Waals surface area contributed by atoms with Crippen LogP contribution in [0.25, 0.3) is 0 Å². The van der Waals surface area contributed by atoms with E-state index in [1.807, 2.05) is 13.8 Å². The Morgan fingerprint density at radius 2 is 2.33 bits per heavy atom. The summed E-state index contributed by atoms with van der Waals surface area (Å²) >= 11 is 0. The third-order valence-electron chi connectivity index (χ3n) is 4.08. The molecular weight excluding hydrogens is 188 g/mol. The van der Waals surface area contributed by atoms with Gasteiger partial charge in [-0.1, -0.05) is 20.3 Å². The molecule has 1 saturated heterocycles. The Bertz CT molecular complexity index is 264. The molecule has 2 fully saturated rings. The van der Waals surface area contributed by atoms with Gasteiger partial charge in [-0.15, -0.1) is 0 Å². The van der Waals surface area contributed by atoms with Crippen LogP contribution in [-0.2, 0) is 4.79 Å². The highest BCUT2D eigenvalue weighted by Crippen LogP contribution is 2.43. The van der Waals surface area contributed by atoms with Crippen molar-refractivity contribution < 1.29 is 4.79 Å². The first kappa shape index (κ1) is 10.9. The predicted octanol–water partition coefficient (Wildman–Crippen LogP) is 1.37. The molecule has 2 unspecified atom stereocenters. The average Bonchev–Trinajstić information content (AvgIpc) is 2.49. The summed E-state index contributed by atoms with van der Waals surface area (Å²) in [6.07, 6.45) is 4.77. The number of fused-ring (bicyclic) bond motifs is 2. The molecule has 1 aliphatic carbocycles. The molecule has 86 valence electrons. The molecule has 2 bridgehead atoms. The van der Waals surface area contributed by atoms with Crippen LogP contribution < -0.4 is 5.73 Å². The van der Waals surface area contributed by atoms with Crippen LogP contribution in [0, 0.1) is 11.8 Å². The molecule has 2 aliphatic rings. The largest absolute Gasteiger partial charge is 0.335 e. The highest BCUT2D eigenvalue weighted by atomic mass is 16.2. The first-order valence-electron chi connectivity index (χ1n) is 6.10. The number of nitrogens with zero attached hydrogens (tertiary/aromatic N) is 1. The molecule has 2 atom stereocenters. The quantitative estimate of drug-likeness (QED) is 0.748. The summed E-state index contributed by atoms with van der Waals surface area (Å²) in [7, 11) is 0. The third-order valence-corrected chi connectivity index (χ3v) is 4.08. The standard InChI is InChI=1S/C12H22N2O/c1-9(2)11(15)14-7-10-4-3-5-12(14,6-10)8-13/h9-10H,3-8,13H2,1-2H3. The van der Waals surface area contributed by atoms with Gasteiger partial charge in [0.05, 0.1) is 5.54 Å². The molecule has 3 heteroatoms. The van der Waals surface area contributed by atoms with Crippen molar-refractivity contribution in [2.75, 3.05) is 13.1 Å². The van der Waals surface area contributed by atoms with E-state index in [1.165, 1.54) is 12.8 Å². The second-order valence-corrected chi connectivity index (χ2v) is 5.49. The lowest BCUT2D eigenvalue weighted by atomic mass is 9.80. The van der Waals surface area contributed by atoms with E-state index in [0.717, 1.165) is 19.4 Å². The van der Waals surface area contributed by atoms with Crippen LogP contribution in [0.2, 0.25) is 0 Å². The Balaban J connectivity index is 2.21. The van der Waals surface area contributed by atoms with Gasteiger partial charge in [-0.05, 0) is 25.2 Å². The van der Waals surface area contributed by atoms with E-state index in [2.05, 4.69) is 4.90 Å². The van der Waals surface area contributed by atoms with Gasteiger partial charge < -0.3 is 10.6 Å². The van der Waals surface area contributed by atoms with E-state index in [-0.39, 0.29) is 11.5 Å². The first-order valence-corrected chi connectivity index (χ1v) is 6.10. The fraction of sp³-hybridized carbons (Fsp3) is 0.917. The topological polar surface area (TPSA) is 46.3 Å². The van der Waals surface area contributed by atoms with Gasteiger partial charge in [0.2, 0.25) is 5.91 Å². The molecule has 0 aromatic heterocycles. The zero-order valence-corrected chi connectivity index (χ0v) is 9.83. The zero-order valence-electron chi connectivity index (χ0n) is 9.83. The minimum absolute atomic E-state index is 0.0181. The lowest BCUT2D eigenvalue weighted by Crippen LogP contribution is -2.53. The summed E-state index contributed by atoms with van der Waals surface area (Å²) in [5.74, 6) is 1.11. The SMILES string of the molecule is CC(C)C(=O)N1CC2CCCC1(CN)C2. The molecule has 1 saturated carbocycles. The van der Waals surface area contributed by atoms with Gasteiger partial charge in [0.15, 0.2) is 0 Å². The van der Waals surface area contributed by atoms with Crippen LogP contribution in [-0.4, -0.2) is 29.4 Å². The van der Waals surface area contributed by atoms with Gasteiger partial charge in [-0.2, -0.15) is 0 Å². The van der Waals surface area contributed by atoms with E-state index in [0.29, 0.717) is 18.4 Å². The highest BCUT2D eigenvalue weighted by molar-refractivity contribution is 5.79. The van der Waals surface area contributed by atoms with Crippen molar-refractivity contribution in [3.8, 4) is 0 Å². The fourth-order valence-corrected chi connectivity index (χ4v) is 3.25. The van der Waals surface area contributed by atoms with Crippen LogP contribution in [0.4, 0.5) is 0 Å². The number of nitrogens with two attached hydrogens (primary N) is 1. The van der Waals surface area contributed by atoms with Gasteiger partial charge in [0.1, 0.15) is 0 Å². The first-order chi connectivity index (χ1) is 7.09. The van der Waals surface area contributed by atoms with E-state index in [9.17, 15) is 4.79 Å². The number of rotatable bonds is 2. The van der Waals surface area contributed by atoms with Crippen molar-refractivity contribution >= 4 is 5.91 Å². The third kappa shape index (κ3) is 1.67. The summed E-state index contributed by atoms with van der Waals surface area (Å²) < 4.78 is 0. The van der Waals surface area contributed by atoms with Crippen molar-refractivity contribution in [1.29, 1.82) is 0 Å². The number of amides is 1. The van der Waals surface area contributed by atoms with Crippen molar-refractivity contribution in [2.24, 2.45) is 17.6 Å². The summed E-state index contributed by atoms with van der Waals surface area (Å²) in [5.41, 5.74) is 5.93.